The molecule has 0 bridgehead atoms. The maximum Gasteiger partial charge on any atom is 0.262 e. The minimum atomic E-state index is -0.750. The zero-order valence-corrected chi connectivity index (χ0v) is 16.3. The average molecular weight is 435 g/mol. The number of ether oxygens (including phenoxy) is 2. The molecule has 0 saturated heterocycles. The Labute approximate surface area is 179 Å². The van der Waals surface area contributed by atoms with Crippen LogP contribution in [0.25, 0.3) is 5.69 Å². The number of nitrogen functional groups attached to an aromatic ring is 1. The number of amides is 2. The Morgan fingerprint density at radius 3 is 2.31 bits per heavy atom. The molecule has 3 heterocycles. The summed E-state index contributed by atoms with van der Waals surface area (Å²) in [6, 6.07) is 8.67. The predicted molar refractivity (Wildman–Crippen MR) is 109 cm³/mol. The van der Waals surface area contributed by atoms with Crippen molar-refractivity contribution in [3.8, 4) is 17.2 Å². The molecular formula is C22H14FN3O6. The Hall–Kier alpha value is -4.47. The molecule has 0 spiro atoms. The molecule has 9 nitrogen and oxygen atoms in total. The molecule has 2 aliphatic rings. The van der Waals surface area contributed by atoms with Gasteiger partial charge in [-0.1, -0.05) is 0 Å². The number of imide groups is 1. The SMILES string of the molecule is Nc1c2c(cc(=O)n1-c1cc3c(cc1C(=O)c1ccc(F)cc1)OCCO3)C(=O)NC2=O. The molecule has 0 radical (unpaired) electrons. The number of benzene rings is 2. The summed E-state index contributed by atoms with van der Waals surface area (Å²) in [5.41, 5.74) is 5.31. The maximum absolute atomic E-state index is 13.3. The minimum Gasteiger partial charge on any atom is -0.486 e. The van der Waals surface area contributed by atoms with Gasteiger partial charge in [-0.3, -0.25) is 29.1 Å². The molecule has 32 heavy (non-hydrogen) atoms. The highest BCUT2D eigenvalue weighted by molar-refractivity contribution is 6.23. The Morgan fingerprint density at radius 2 is 1.62 bits per heavy atom. The quantitative estimate of drug-likeness (QED) is 0.470. The van der Waals surface area contributed by atoms with Gasteiger partial charge < -0.3 is 15.2 Å². The van der Waals surface area contributed by atoms with Gasteiger partial charge in [-0.25, -0.2) is 4.39 Å². The Kier molecular flexibility index (Phi) is 4.29. The molecule has 2 aromatic carbocycles. The number of nitrogens with two attached hydrogens (primary N) is 1. The minimum absolute atomic E-state index is 0.0133. The number of fused-ring (bicyclic) bond motifs is 2. The van der Waals surface area contributed by atoms with Crippen LogP contribution in [0.5, 0.6) is 11.5 Å². The van der Waals surface area contributed by atoms with Gasteiger partial charge in [0.2, 0.25) is 0 Å². The summed E-state index contributed by atoms with van der Waals surface area (Å²) in [4.78, 5) is 50.4. The van der Waals surface area contributed by atoms with Gasteiger partial charge in [-0.05, 0) is 30.3 Å². The lowest BCUT2D eigenvalue weighted by Crippen LogP contribution is -2.26. The maximum atomic E-state index is 13.3. The standard InChI is InChI=1S/C22H14FN3O6/c23-11-3-1-10(2-4-11)19(28)12-7-15-16(32-6-5-31-15)9-14(12)26-17(27)8-13-18(20(26)24)22(30)25-21(13)29/h1-4,7-9H,5-6,24H2,(H,25,29,30). The summed E-state index contributed by atoms with van der Waals surface area (Å²) in [6.45, 7) is 0.517. The Balaban J connectivity index is 1.78. The van der Waals surface area contributed by atoms with Crippen LogP contribution in [0, 0.1) is 5.82 Å². The number of rotatable bonds is 3. The first-order valence-electron chi connectivity index (χ1n) is 9.50. The van der Waals surface area contributed by atoms with Crippen molar-refractivity contribution in [1.29, 1.82) is 0 Å². The second-order valence-electron chi connectivity index (χ2n) is 7.12. The number of nitrogens with zero attached hydrogens (tertiary/aromatic N) is 1. The van der Waals surface area contributed by atoms with Crippen molar-refractivity contribution in [3.05, 3.63) is 80.9 Å². The number of halogens is 1. The van der Waals surface area contributed by atoms with E-state index in [2.05, 4.69) is 5.32 Å². The van der Waals surface area contributed by atoms with E-state index in [-0.39, 0.29) is 58.5 Å². The second-order valence-corrected chi connectivity index (χ2v) is 7.12. The van der Waals surface area contributed by atoms with Crippen molar-refractivity contribution in [3.63, 3.8) is 0 Å². The number of hydrogen-bond donors (Lipinski definition) is 2. The van der Waals surface area contributed by atoms with Crippen LogP contribution in [0.1, 0.15) is 36.6 Å². The number of anilines is 1. The number of carbonyl (C=O) groups is 3. The van der Waals surface area contributed by atoms with E-state index in [4.69, 9.17) is 15.2 Å². The van der Waals surface area contributed by atoms with E-state index >= 15 is 0 Å². The van der Waals surface area contributed by atoms with Crippen LogP contribution < -0.4 is 26.1 Å². The number of carbonyl (C=O) groups excluding carboxylic acids is 3. The average Bonchev–Trinajstić information content (AvgIpc) is 3.06. The van der Waals surface area contributed by atoms with Gasteiger partial charge in [0.25, 0.3) is 17.4 Å². The highest BCUT2D eigenvalue weighted by Gasteiger charge is 2.33. The highest BCUT2D eigenvalue weighted by Crippen LogP contribution is 2.36. The largest absolute Gasteiger partial charge is 0.486 e. The van der Waals surface area contributed by atoms with E-state index in [0.717, 1.165) is 22.8 Å². The van der Waals surface area contributed by atoms with Crippen LogP contribution in [0.15, 0.2) is 47.3 Å². The zero-order chi connectivity index (χ0) is 22.6. The van der Waals surface area contributed by atoms with Crippen molar-refractivity contribution in [2.45, 2.75) is 0 Å². The van der Waals surface area contributed by atoms with Crippen molar-refractivity contribution < 1.29 is 28.2 Å². The zero-order valence-electron chi connectivity index (χ0n) is 16.3. The molecule has 10 heteroatoms. The molecule has 0 atom stereocenters. The third-order valence-electron chi connectivity index (χ3n) is 5.21. The van der Waals surface area contributed by atoms with Gasteiger partial charge >= 0.3 is 0 Å². The molecule has 0 saturated carbocycles. The van der Waals surface area contributed by atoms with E-state index in [9.17, 15) is 23.6 Å². The number of aromatic nitrogens is 1. The Bertz CT molecular complexity index is 1390. The lowest BCUT2D eigenvalue weighted by atomic mass is 10.00. The summed E-state index contributed by atoms with van der Waals surface area (Å²) in [7, 11) is 0. The molecule has 0 fully saturated rings. The first-order valence-corrected chi connectivity index (χ1v) is 9.50. The van der Waals surface area contributed by atoms with Crippen molar-refractivity contribution in [2.24, 2.45) is 0 Å². The third kappa shape index (κ3) is 2.92. The first-order chi connectivity index (χ1) is 15.3. The molecule has 2 aliphatic heterocycles. The van der Waals surface area contributed by atoms with Crippen molar-refractivity contribution in [2.75, 3.05) is 18.9 Å². The van der Waals surface area contributed by atoms with Crippen LogP contribution in [0.3, 0.4) is 0 Å². The van der Waals surface area contributed by atoms with Gasteiger partial charge in [0.15, 0.2) is 17.3 Å². The van der Waals surface area contributed by atoms with Crippen molar-refractivity contribution >= 4 is 23.4 Å². The van der Waals surface area contributed by atoms with Crippen LogP contribution >= 0.6 is 0 Å². The van der Waals surface area contributed by atoms with Crippen LogP contribution in [0.4, 0.5) is 10.2 Å². The van der Waals surface area contributed by atoms with Crippen LogP contribution in [0.2, 0.25) is 0 Å². The van der Waals surface area contributed by atoms with Gasteiger partial charge in [0, 0.05) is 17.7 Å². The second kappa shape index (κ2) is 7.05. The van der Waals surface area contributed by atoms with Crippen LogP contribution in [-0.2, 0) is 0 Å². The normalized spacial score (nSPS) is 14.2. The van der Waals surface area contributed by atoms with E-state index in [1.807, 2.05) is 0 Å². The summed E-state index contributed by atoms with van der Waals surface area (Å²) in [6.07, 6.45) is 0. The summed E-state index contributed by atoms with van der Waals surface area (Å²) in [5.74, 6) is -2.28. The predicted octanol–water partition coefficient (Wildman–Crippen LogP) is 1.44. The highest BCUT2D eigenvalue weighted by atomic mass is 19.1. The number of ketones is 1. The van der Waals surface area contributed by atoms with Gasteiger partial charge in [-0.15, -0.1) is 0 Å². The molecule has 1 aromatic heterocycles. The molecule has 3 N–H and O–H groups in total. The van der Waals surface area contributed by atoms with E-state index < -0.39 is 29.0 Å². The van der Waals surface area contributed by atoms with Crippen LogP contribution in [-0.4, -0.2) is 35.4 Å². The summed E-state index contributed by atoms with van der Waals surface area (Å²) in [5, 5.41) is 2.09. The number of nitrogens with one attached hydrogen (secondary N) is 1. The Morgan fingerprint density at radius 1 is 0.969 bits per heavy atom. The molecule has 0 unspecified atom stereocenters. The third-order valence-corrected chi connectivity index (χ3v) is 5.21. The van der Waals surface area contributed by atoms with E-state index in [1.54, 1.807) is 0 Å². The van der Waals surface area contributed by atoms with Gasteiger partial charge in [-0.2, -0.15) is 0 Å². The fourth-order valence-electron chi connectivity index (χ4n) is 3.73. The van der Waals surface area contributed by atoms with E-state index in [1.165, 1.54) is 24.3 Å². The van der Waals surface area contributed by atoms with Gasteiger partial charge in [0.05, 0.1) is 22.4 Å². The number of pyridine rings is 1. The van der Waals surface area contributed by atoms with Crippen molar-refractivity contribution in [1.82, 2.24) is 9.88 Å². The number of hydrogen-bond acceptors (Lipinski definition) is 7. The summed E-state index contributed by atoms with van der Waals surface area (Å²) >= 11 is 0. The summed E-state index contributed by atoms with van der Waals surface area (Å²) < 4.78 is 25.5. The first kappa shape index (κ1) is 19.5. The molecule has 0 aliphatic carbocycles. The topological polar surface area (TPSA) is 130 Å². The van der Waals surface area contributed by atoms with E-state index in [0.29, 0.717) is 0 Å². The molecular weight excluding hydrogens is 421 g/mol. The lowest BCUT2D eigenvalue weighted by Gasteiger charge is -2.22. The monoisotopic (exact) mass is 435 g/mol. The molecule has 2 amide bonds. The van der Waals surface area contributed by atoms with Gasteiger partial charge in [0.1, 0.15) is 24.8 Å². The molecule has 3 aromatic rings. The smallest absolute Gasteiger partial charge is 0.262 e. The fraction of sp³-hybridized carbons (Fsp3) is 0.0909. The fourth-order valence-corrected chi connectivity index (χ4v) is 3.73. The molecule has 5 rings (SSSR count). The lowest BCUT2D eigenvalue weighted by molar-refractivity contribution is 0.0879. The molecule has 160 valence electrons.